The number of benzene rings is 5. The molecule has 0 heterocycles. The van der Waals surface area contributed by atoms with Crippen LogP contribution in [-0.4, -0.2) is 0 Å². The van der Waals surface area contributed by atoms with Crippen molar-refractivity contribution in [3.8, 4) is 22.3 Å². The van der Waals surface area contributed by atoms with Gasteiger partial charge < -0.3 is 0 Å². The molecule has 5 aromatic rings. The van der Waals surface area contributed by atoms with E-state index in [1.54, 1.807) is 0 Å². The van der Waals surface area contributed by atoms with Crippen molar-refractivity contribution in [3.05, 3.63) is 105 Å². The summed E-state index contributed by atoms with van der Waals surface area (Å²) in [7, 11) is 0. The normalized spacial score (nSPS) is 11.4. The van der Waals surface area contributed by atoms with Gasteiger partial charge in [-0.1, -0.05) is 85.6 Å². The van der Waals surface area contributed by atoms with Crippen molar-refractivity contribution >= 4 is 44.1 Å². The maximum absolute atomic E-state index is 2.53. The first-order valence-electron chi connectivity index (χ1n) is 11.8. The molecule has 0 aliphatic carbocycles. The van der Waals surface area contributed by atoms with Crippen LogP contribution in [0.1, 0.15) is 35.6 Å². The Labute approximate surface area is 210 Å². The molecule has 0 aromatic heterocycles. The van der Waals surface area contributed by atoms with Gasteiger partial charge in [0.25, 0.3) is 0 Å². The van der Waals surface area contributed by atoms with E-state index in [2.05, 4.69) is 129 Å². The first-order valence-corrected chi connectivity index (χ1v) is 12.9. The van der Waals surface area contributed by atoms with Crippen LogP contribution in [0.15, 0.2) is 78.9 Å². The van der Waals surface area contributed by atoms with Crippen LogP contribution in [0.25, 0.3) is 43.8 Å². The fraction of sp³-hybridized carbons (Fsp3) is 0.188. The summed E-state index contributed by atoms with van der Waals surface area (Å²) in [6.45, 7) is 9.06. The number of rotatable bonds is 4. The van der Waals surface area contributed by atoms with Crippen LogP contribution in [0.3, 0.4) is 0 Å². The number of aryl methyl sites for hydroxylation is 4. The molecule has 1 heteroatoms. The van der Waals surface area contributed by atoms with Gasteiger partial charge >= 0.3 is 0 Å². The highest BCUT2D eigenvalue weighted by Crippen LogP contribution is 2.43. The average Bonchev–Trinajstić information content (AvgIpc) is 2.82. The molecule has 33 heavy (non-hydrogen) atoms. The molecular weight excluding hydrogens is 511 g/mol. The summed E-state index contributed by atoms with van der Waals surface area (Å²) in [6, 6.07) is 29.3. The maximum Gasteiger partial charge on any atom is 0.0195 e. The molecule has 0 bridgehead atoms. The standard InChI is InChI=1S/C32H29I/c1-5-11-24-16-20(2)17-25-19-28(29-18-21(3)32(33)22(4)30(29)31(24)25)27-15-10-9-14-26(27)23-12-7-6-8-13-23/h6-10,12-19H,5,11H2,1-4H3. The zero-order chi connectivity index (χ0) is 23.1. The molecule has 0 N–H and O–H groups in total. The Kier molecular flexibility index (Phi) is 6.01. The molecule has 164 valence electrons. The minimum absolute atomic E-state index is 1.11. The minimum Gasteiger partial charge on any atom is -0.0651 e. The van der Waals surface area contributed by atoms with Crippen LogP contribution in [-0.2, 0) is 6.42 Å². The summed E-state index contributed by atoms with van der Waals surface area (Å²) in [4.78, 5) is 0. The third kappa shape index (κ3) is 3.87. The Balaban J connectivity index is 1.97. The van der Waals surface area contributed by atoms with E-state index in [0.29, 0.717) is 0 Å². The van der Waals surface area contributed by atoms with E-state index in [1.165, 1.54) is 69.6 Å². The Morgan fingerprint density at radius 3 is 2.12 bits per heavy atom. The van der Waals surface area contributed by atoms with Crippen LogP contribution in [0, 0.1) is 24.3 Å². The van der Waals surface area contributed by atoms with Crippen molar-refractivity contribution in [2.75, 3.05) is 0 Å². The van der Waals surface area contributed by atoms with Gasteiger partial charge in [0.05, 0.1) is 0 Å². The third-order valence-electron chi connectivity index (χ3n) is 6.74. The van der Waals surface area contributed by atoms with E-state index < -0.39 is 0 Å². The predicted molar refractivity (Wildman–Crippen MR) is 153 cm³/mol. The summed E-state index contributed by atoms with van der Waals surface area (Å²) in [5.41, 5.74) is 10.7. The number of halogens is 1. The van der Waals surface area contributed by atoms with Crippen molar-refractivity contribution in [2.24, 2.45) is 0 Å². The van der Waals surface area contributed by atoms with Gasteiger partial charge in [0.1, 0.15) is 0 Å². The van der Waals surface area contributed by atoms with Crippen LogP contribution in [0.5, 0.6) is 0 Å². The van der Waals surface area contributed by atoms with Crippen LogP contribution >= 0.6 is 22.6 Å². The largest absolute Gasteiger partial charge is 0.0651 e. The summed E-state index contributed by atoms with van der Waals surface area (Å²) in [5, 5.41) is 5.58. The second-order valence-corrected chi connectivity index (χ2v) is 10.2. The Morgan fingerprint density at radius 2 is 1.39 bits per heavy atom. The van der Waals surface area contributed by atoms with E-state index in [1.807, 2.05) is 0 Å². The number of hydrogen-bond donors (Lipinski definition) is 0. The lowest BCUT2D eigenvalue weighted by Gasteiger charge is -2.20. The smallest absolute Gasteiger partial charge is 0.0195 e. The molecule has 0 spiro atoms. The van der Waals surface area contributed by atoms with Crippen LogP contribution in [0.4, 0.5) is 0 Å². The zero-order valence-electron chi connectivity index (χ0n) is 19.8. The van der Waals surface area contributed by atoms with Gasteiger partial charge in [-0.3, -0.25) is 0 Å². The first kappa shape index (κ1) is 22.2. The monoisotopic (exact) mass is 540 g/mol. The highest BCUT2D eigenvalue weighted by atomic mass is 127. The van der Waals surface area contributed by atoms with Gasteiger partial charge in [-0.2, -0.15) is 0 Å². The van der Waals surface area contributed by atoms with E-state index in [9.17, 15) is 0 Å². The third-order valence-corrected chi connectivity index (χ3v) is 8.40. The molecule has 5 rings (SSSR count). The first-order chi connectivity index (χ1) is 16.0. The van der Waals surface area contributed by atoms with E-state index in [0.717, 1.165) is 12.8 Å². The lowest BCUT2D eigenvalue weighted by molar-refractivity contribution is 0.929. The van der Waals surface area contributed by atoms with E-state index in [-0.39, 0.29) is 0 Å². The van der Waals surface area contributed by atoms with E-state index in [4.69, 9.17) is 0 Å². The highest BCUT2D eigenvalue weighted by Gasteiger charge is 2.18. The maximum atomic E-state index is 2.53. The van der Waals surface area contributed by atoms with Crippen molar-refractivity contribution < 1.29 is 0 Å². The summed E-state index contributed by atoms with van der Waals surface area (Å²) >= 11 is 2.53. The molecule has 0 fully saturated rings. The Hall–Kier alpha value is -2.65. The topological polar surface area (TPSA) is 0 Å². The summed E-state index contributed by atoms with van der Waals surface area (Å²) < 4.78 is 1.37. The lowest BCUT2D eigenvalue weighted by atomic mass is 9.85. The SMILES string of the molecule is CCCc1cc(C)cc2cc(-c3ccccc3-c3ccccc3)c3cc(C)c(I)c(C)c3c12. The van der Waals surface area contributed by atoms with Gasteiger partial charge in [0.15, 0.2) is 0 Å². The number of fused-ring (bicyclic) bond motifs is 3. The molecule has 0 nitrogen and oxygen atoms in total. The lowest BCUT2D eigenvalue weighted by Crippen LogP contribution is -1.97. The van der Waals surface area contributed by atoms with E-state index >= 15 is 0 Å². The van der Waals surface area contributed by atoms with Crippen molar-refractivity contribution in [1.29, 1.82) is 0 Å². The molecular formula is C32H29I. The van der Waals surface area contributed by atoms with Crippen LogP contribution < -0.4 is 0 Å². The molecule has 5 aromatic carbocycles. The summed E-state index contributed by atoms with van der Waals surface area (Å²) in [5.74, 6) is 0. The molecule has 0 unspecified atom stereocenters. The quantitative estimate of drug-likeness (QED) is 0.157. The summed E-state index contributed by atoms with van der Waals surface area (Å²) in [6.07, 6.45) is 2.26. The van der Waals surface area contributed by atoms with Gasteiger partial charge in [-0.15, -0.1) is 0 Å². The Bertz CT molecular complexity index is 1490. The fourth-order valence-corrected chi connectivity index (χ4v) is 5.74. The predicted octanol–water partition coefficient (Wildman–Crippen LogP) is 9.81. The molecule has 0 aliphatic heterocycles. The molecule has 0 aliphatic rings. The second kappa shape index (κ2) is 8.95. The molecule has 0 atom stereocenters. The molecule has 0 radical (unpaired) electrons. The average molecular weight is 540 g/mol. The van der Waals surface area contributed by atoms with Gasteiger partial charge in [-0.25, -0.2) is 0 Å². The molecule has 0 saturated carbocycles. The van der Waals surface area contributed by atoms with Gasteiger partial charge in [0.2, 0.25) is 0 Å². The van der Waals surface area contributed by atoms with Crippen molar-refractivity contribution in [1.82, 2.24) is 0 Å². The Morgan fingerprint density at radius 1 is 0.697 bits per heavy atom. The van der Waals surface area contributed by atoms with Crippen molar-refractivity contribution in [3.63, 3.8) is 0 Å². The van der Waals surface area contributed by atoms with Crippen LogP contribution in [0.2, 0.25) is 0 Å². The second-order valence-electron chi connectivity index (χ2n) is 9.16. The highest BCUT2D eigenvalue weighted by molar-refractivity contribution is 14.1. The zero-order valence-corrected chi connectivity index (χ0v) is 22.0. The fourth-order valence-electron chi connectivity index (χ4n) is 5.31. The van der Waals surface area contributed by atoms with Gasteiger partial charge in [0, 0.05) is 3.57 Å². The van der Waals surface area contributed by atoms with Crippen molar-refractivity contribution in [2.45, 2.75) is 40.5 Å². The van der Waals surface area contributed by atoms with Gasteiger partial charge in [-0.05, 0) is 122 Å². The molecule has 0 amide bonds. The minimum atomic E-state index is 1.11. The molecule has 0 saturated heterocycles. The number of hydrogen-bond acceptors (Lipinski definition) is 0.